The van der Waals surface area contributed by atoms with E-state index >= 15 is 0 Å². The number of carbonyl (C=O) groups excluding carboxylic acids is 2. The molecule has 1 saturated carbocycles. The van der Waals surface area contributed by atoms with Crippen LogP contribution in [0.2, 0.25) is 5.02 Å². The van der Waals surface area contributed by atoms with Gasteiger partial charge in [0, 0.05) is 25.1 Å². The van der Waals surface area contributed by atoms with Gasteiger partial charge in [0.1, 0.15) is 11.9 Å². The second-order valence-electron chi connectivity index (χ2n) is 5.96. The van der Waals surface area contributed by atoms with E-state index in [1.807, 2.05) is 0 Å². The Morgan fingerprint density at radius 3 is 2.75 bits per heavy atom. The van der Waals surface area contributed by atoms with Crippen molar-refractivity contribution in [2.24, 2.45) is 0 Å². The molecule has 2 amide bonds. The molecule has 3 rings (SSSR count). The van der Waals surface area contributed by atoms with Crippen LogP contribution in [0, 0.1) is 5.82 Å². The van der Waals surface area contributed by atoms with Crippen LogP contribution in [-0.2, 0) is 19.1 Å². The molecule has 0 bridgehead atoms. The summed E-state index contributed by atoms with van der Waals surface area (Å²) in [6.45, 7) is 0.591. The molecule has 1 aliphatic carbocycles. The maximum Gasteiger partial charge on any atom is 0.313 e. The predicted molar refractivity (Wildman–Crippen MR) is 85.1 cm³/mol. The molecule has 1 saturated heterocycles. The molecule has 0 unspecified atom stereocenters. The first-order valence-corrected chi connectivity index (χ1v) is 8.21. The second-order valence-corrected chi connectivity index (χ2v) is 6.37. The van der Waals surface area contributed by atoms with Crippen LogP contribution >= 0.6 is 11.6 Å². The van der Waals surface area contributed by atoms with Gasteiger partial charge < -0.3 is 20.1 Å². The van der Waals surface area contributed by atoms with Gasteiger partial charge in [-0.25, -0.2) is 4.39 Å². The SMILES string of the molecule is O=C(NC[C@@H]1COC2(CCCC2)O1)C(=O)Nc1ccc(F)c(Cl)c1. The fraction of sp³-hybridized carbons (Fsp3) is 0.500. The van der Waals surface area contributed by atoms with Crippen LogP contribution in [0.15, 0.2) is 18.2 Å². The van der Waals surface area contributed by atoms with Crippen molar-refractivity contribution >= 4 is 29.1 Å². The van der Waals surface area contributed by atoms with Gasteiger partial charge in [0.15, 0.2) is 5.79 Å². The maximum atomic E-state index is 13.1. The summed E-state index contributed by atoms with van der Waals surface area (Å²) in [6.07, 6.45) is 3.61. The van der Waals surface area contributed by atoms with Gasteiger partial charge in [-0.05, 0) is 31.0 Å². The molecule has 1 spiro atoms. The molecule has 0 radical (unpaired) electrons. The molecule has 1 aromatic carbocycles. The van der Waals surface area contributed by atoms with Crippen LogP contribution in [0.4, 0.5) is 10.1 Å². The standard InChI is InChI=1S/C16H18ClFN2O4/c17-12-7-10(3-4-13(12)18)20-15(22)14(21)19-8-11-9-23-16(24-11)5-1-2-6-16/h3-4,7,11H,1-2,5-6,8-9H2,(H,19,21)(H,20,22)/t11-/m1/s1. The first kappa shape index (κ1) is 17.1. The largest absolute Gasteiger partial charge is 0.347 e. The van der Waals surface area contributed by atoms with E-state index in [4.69, 9.17) is 21.1 Å². The van der Waals surface area contributed by atoms with E-state index in [9.17, 15) is 14.0 Å². The molecule has 130 valence electrons. The molecule has 2 N–H and O–H groups in total. The van der Waals surface area contributed by atoms with Gasteiger partial charge in [-0.15, -0.1) is 0 Å². The van der Waals surface area contributed by atoms with Gasteiger partial charge in [-0.1, -0.05) is 11.6 Å². The number of halogens is 2. The molecular formula is C16H18ClFN2O4. The minimum atomic E-state index is -0.854. The normalized spacial score (nSPS) is 21.8. The van der Waals surface area contributed by atoms with Crippen LogP contribution in [0.5, 0.6) is 0 Å². The quantitative estimate of drug-likeness (QED) is 0.814. The monoisotopic (exact) mass is 356 g/mol. The highest BCUT2D eigenvalue weighted by Gasteiger charge is 2.43. The average Bonchev–Trinajstić information content (AvgIpc) is 3.19. The molecule has 1 atom stereocenters. The van der Waals surface area contributed by atoms with Crippen LogP contribution in [0.3, 0.4) is 0 Å². The third kappa shape index (κ3) is 3.85. The highest BCUT2D eigenvalue weighted by molar-refractivity contribution is 6.39. The zero-order valence-electron chi connectivity index (χ0n) is 12.9. The highest BCUT2D eigenvalue weighted by atomic mass is 35.5. The zero-order valence-corrected chi connectivity index (χ0v) is 13.7. The van der Waals surface area contributed by atoms with Gasteiger partial charge >= 0.3 is 11.8 Å². The molecule has 2 fully saturated rings. The summed E-state index contributed by atoms with van der Waals surface area (Å²) in [5, 5.41) is 4.74. The molecule has 24 heavy (non-hydrogen) atoms. The van der Waals surface area contributed by atoms with E-state index in [1.165, 1.54) is 12.1 Å². The zero-order chi connectivity index (χ0) is 17.2. The summed E-state index contributed by atoms with van der Waals surface area (Å²) < 4.78 is 24.6. The lowest BCUT2D eigenvalue weighted by Gasteiger charge is -2.21. The fourth-order valence-electron chi connectivity index (χ4n) is 2.94. The highest BCUT2D eigenvalue weighted by Crippen LogP contribution is 2.38. The molecule has 2 aliphatic rings. The molecule has 1 aliphatic heterocycles. The third-order valence-corrected chi connectivity index (χ3v) is 4.44. The summed E-state index contributed by atoms with van der Waals surface area (Å²) in [7, 11) is 0. The summed E-state index contributed by atoms with van der Waals surface area (Å²) in [5.74, 6) is -2.75. The van der Waals surface area contributed by atoms with E-state index < -0.39 is 23.4 Å². The molecule has 8 heteroatoms. The smallest absolute Gasteiger partial charge is 0.313 e. The lowest BCUT2D eigenvalue weighted by Crippen LogP contribution is -2.40. The van der Waals surface area contributed by atoms with Gasteiger partial charge in [0.05, 0.1) is 11.6 Å². The number of nitrogens with one attached hydrogen (secondary N) is 2. The number of ether oxygens (including phenoxy) is 2. The lowest BCUT2D eigenvalue weighted by molar-refractivity contribution is -0.161. The van der Waals surface area contributed by atoms with Crippen LogP contribution in [0.25, 0.3) is 0 Å². The van der Waals surface area contributed by atoms with Gasteiger partial charge in [-0.2, -0.15) is 0 Å². The number of hydrogen-bond acceptors (Lipinski definition) is 4. The Balaban J connectivity index is 1.46. The Kier molecular flexibility index (Phi) is 5.03. The number of amides is 2. The van der Waals surface area contributed by atoms with Crippen molar-refractivity contribution < 1.29 is 23.5 Å². The minimum absolute atomic E-state index is 0.133. The van der Waals surface area contributed by atoms with E-state index in [1.54, 1.807) is 0 Å². The molecule has 0 aromatic heterocycles. The Hall–Kier alpha value is -1.70. The van der Waals surface area contributed by atoms with Crippen molar-refractivity contribution in [1.82, 2.24) is 5.32 Å². The van der Waals surface area contributed by atoms with Crippen molar-refractivity contribution in [2.75, 3.05) is 18.5 Å². The fourth-order valence-corrected chi connectivity index (χ4v) is 3.12. The van der Waals surface area contributed by atoms with Crippen molar-refractivity contribution in [1.29, 1.82) is 0 Å². The van der Waals surface area contributed by atoms with Gasteiger partial charge in [-0.3, -0.25) is 9.59 Å². The van der Waals surface area contributed by atoms with E-state index in [0.717, 1.165) is 31.7 Å². The van der Waals surface area contributed by atoms with E-state index in [-0.39, 0.29) is 23.4 Å². The van der Waals surface area contributed by atoms with Crippen LogP contribution in [-0.4, -0.2) is 36.9 Å². The summed E-state index contributed by atoms with van der Waals surface area (Å²) in [4.78, 5) is 23.7. The Labute approximate surface area is 143 Å². The molecular weight excluding hydrogens is 339 g/mol. The second kappa shape index (κ2) is 7.04. The average molecular weight is 357 g/mol. The summed E-state index contributed by atoms with van der Waals surface area (Å²) in [5.41, 5.74) is 0.243. The summed E-state index contributed by atoms with van der Waals surface area (Å²) >= 11 is 5.63. The topological polar surface area (TPSA) is 76.7 Å². The predicted octanol–water partition coefficient (Wildman–Crippen LogP) is 2.22. The number of rotatable bonds is 3. The number of anilines is 1. The molecule has 1 aromatic rings. The Morgan fingerprint density at radius 1 is 1.29 bits per heavy atom. The minimum Gasteiger partial charge on any atom is -0.347 e. The third-order valence-electron chi connectivity index (χ3n) is 4.15. The molecule has 1 heterocycles. The lowest BCUT2D eigenvalue weighted by atomic mass is 10.2. The van der Waals surface area contributed by atoms with Gasteiger partial charge in [0.25, 0.3) is 0 Å². The van der Waals surface area contributed by atoms with Gasteiger partial charge in [0.2, 0.25) is 0 Å². The maximum absolute atomic E-state index is 13.1. The molecule has 6 nitrogen and oxygen atoms in total. The number of benzene rings is 1. The van der Waals surface area contributed by atoms with Crippen molar-refractivity contribution in [3.63, 3.8) is 0 Å². The Morgan fingerprint density at radius 2 is 2.04 bits per heavy atom. The Bertz CT molecular complexity index is 649. The first-order chi connectivity index (χ1) is 11.5. The number of carbonyl (C=O) groups is 2. The van der Waals surface area contributed by atoms with E-state index in [2.05, 4.69) is 10.6 Å². The van der Waals surface area contributed by atoms with Crippen molar-refractivity contribution in [3.05, 3.63) is 29.0 Å². The van der Waals surface area contributed by atoms with Crippen molar-refractivity contribution in [3.8, 4) is 0 Å². The van der Waals surface area contributed by atoms with Crippen molar-refractivity contribution in [2.45, 2.75) is 37.6 Å². The first-order valence-electron chi connectivity index (χ1n) is 7.83. The van der Waals surface area contributed by atoms with Crippen LogP contribution in [0.1, 0.15) is 25.7 Å². The van der Waals surface area contributed by atoms with E-state index in [0.29, 0.717) is 6.61 Å². The number of hydrogen-bond donors (Lipinski definition) is 2. The van der Waals surface area contributed by atoms with Crippen LogP contribution < -0.4 is 10.6 Å². The summed E-state index contributed by atoms with van der Waals surface area (Å²) in [6, 6.07) is 3.67.